The van der Waals surface area contributed by atoms with Crippen molar-refractivity contribution in [3.05, 3.63) is 52.7 Å². The number of rotatable bonds is 5. The predicted octanol–water partition coefficient (Wildman–Crippen LogP) is 2.40. The van der Waals surface area contributed by atoms with Crippen LogP contribution >= 0.6 is 0 Å². The van der Waals surface area contributed by atoms with E-state index in [-0.39, 0.29) is 48.5 Å². The van der Waals surface area contributed by atoms with Crippen LogP contribution in [0.4, 0.5) is 10.1 Å². The largest absolute Gasteiger partial charge is 0.478 e. The number of furan rings is 1. The Hall–Kier alpha value is -3.16. The van der Waals surface area contributed by atoms with E-state index in [4.69, 9.17) is 9.52 Å². The topological polar surface area (TPSA) is 99.8 Å². The number of hydrogen-bond donors (Lipinski definition) is 2. The van der Waals surface area contributed by atoms with E-state index < -0.39 is 11.9 Å². The second kappa shape index (κ2) is 7.22. The molecule has 142 valence electrons. The number of hydrogen-bond acceptors (Lipinski definition) is 4. The first-order chi connectivity index (χ1) is 12.8. The molecule has 2 aromatic rings. The number of carboxylic acid groups (broad SMARTS) is 1. The standard InChI is InChI=1S/C19H19FN2O5/c1-10-5-13(3-4-16(10)20)22-9-12(6-17(22)23)18(24)21-8-14-7-15(19(25)26)11(2)27-14/h3-5,7,12H,6,8-9H2,1-2H3,(H,21,24)(H,25,26). The van der Waals surface area contributed by atoms with Gasteiger partial charge in [-0.05, 0) is 43.7 Å². The Kier molecular flexibility index (Phi) is 4.98. The number of benzene rings is 1. The van der Waals surface area contributed by atoms with Crippen LogP contribution in [0.15, 0.2) is 28.7 Å². The lowest BCUT2D eigenvalue weighted by molar-refractivity contribution is -0.126. The van der Waals surface area contributed by atoms with Crippen molar-refractivity contribution in [2.75, 3.05) is 11.4 Å². The Morgan fingerprint density at radius 2 is 2.07 bits per heavy atom. The van der Waals surface area contributed by atoms with E-state index in [1.54, 1.807) is 13.0 Å². The quantitative estimate of drug-likeness (QED) is 0.837. The number of carbonyl (C=O) groups is 3. The van der Waals surface area contributed by atoms with Gasteiger partial charge in [-0.25, -0.2) is 9.18 Å². The molecule has 8 heteroatoms. The van der Waals surface area contributed by atoms with Crippen molar-refractivity contribution in [3.63, 3.8) is 0 Å². The van der Waals surface area contributed by atoms with E-state index >= 15 is 0 Å². The Bertz CT molecular complexity index is 921. The molecule has 0 bridgehead atoms. The molecule has 27 heavy (non-hydrogen) atoms. The maximum atomic E-state index is 13.4. The molecule has 1 atom stereocenters. The van der Waals surface area contributed by atoms with Gasteiger partial charge in [0.05, 0.1) is 12.5 Å². The van der Waals surface area contributed by atoms with Crippen molar-refractivity contribution < 1.29 is 28.3 Å². The number of aryl methyl sites for hydroxylation is 2. The third-order valence-corrected chi connectivity index (χ3v) is 4.59. The summed E-state index contributed by atoms with van der Waals surface area (Å²) in [5.74, 6) is -1.93. The van der Waals surface area contributed by atoms with Gasteiger partial charge in [0.1, 0.15) is 22.9 Å². The molecular weight excluding hydrogens is 355 g/mol. The minimum atomic E-state index is -1.10. The maximum Gasteiger partial charge on any atom is 0.339 e. The van der Waals surface area contributed by atoms with Crippen molar-refractivity contribution in [2.24, 2.45) is 5.92 Å². The molecule has 2 amide bonds. The molecule has 2 heterocycles. The molecule has 1 aliphatic heterocycles. The van der Waals surface area contributed by atoms with Crippen LogP contribution in [0.1, 0.15) is 33.9 Å². The van der Waals surface area contributed by atoms with Gasteiger partial charge >= 0.3 is 5.97 Å². The first-order valence-electron chi connectivity index (χ1n) is 8.43. The zero-order valence-corrected chi connectivity index (χ0v) is 14.9. The molecule has 1 aromatic carbocycles. The number of carboxylic acids is 1. The van der Waals surface area contributed by atoms with E-state index in [9.17, 15) is 18.8 Å². The second-order valence-electron chi connectivity index (χ2n) is 6.54. The molecule has 1 aromatic heterocycles. The molecule has 1 fully saturated rings. The summed E-state index contributed by atoms with van der Waals surface area (Å²) in [4.78, 5) is 37.1. The molecule has 7 nitrogen and oxygen atoms in total. The lowest BCUT2D eigenvalue weighted by Crippen LogP contribution is -2.32. The van der Waals surface area contributed by atoms with Crippen LogP contribution in [-0.2, 0) is 16.1 Å². The lowest BCUT2D eigenvalue weighted by Gasteiger charge is -2.17. The van der Waals surface area contributed by atoms with Crippen molar-refractivity contribution in [1.82, 2.24) is 5.32 Å². The van der Waals surface area contributed by atoms with E-state index in [0.717, 1.165) is 0 Å². The van der Waals surface area contributed by atoms with Gasteiger partial charge in [0.2, 0.25) is 11.8 Å². The zero-order valence-electron chi connectivity index (χ0n) is 14.9. The van der Waals surface area contributed by atoms with E-state index in [1.165, 1.54) is 30.0 Å². The molecule has 0 radical (unpaired) electrons. The molecule has 0 saturated carbocycles. The van der Waals surface area contributed by atoms with E-state index in [0.29, 0.717) is 17.0 Å². The van der Waals surface area contributed by atoms with Crippen LogP contribution in [-0.4, -0.2) is 29.4 Å². The first kappa shape index (κ1) is 18.6. The molecule has 1 saturated heterocycles. The third-order valence-electron chi connectivity index (χ3n) is 4.59. The van der Waals surface area contributed by atoms with Crippen LogP contribution in [0.5, 0.6) is 0 Å². The fourth-order valence-corrected chi connectivity index (χ4v) is 3.09. The number of halogens is 1. The lowest BCUT2D eigenvalue weighted by atomic mass is 10.1. The minimum absolute atomic E-state index is 0.0350. The fraction of sp³-hybridized carbons (Fsp3) is 0.316. The Morgan fingerprint density at radius 1 is 1.33 bits per heavy atom. The van der Waals surface area contributed by atoms with Gasteiger partial charge in [-0.15, -0.1) is 0 Å². The number of anilines is 1. The first-order valence-corrected chi connectivity index (χ1v) is 8.43. The summed E-state index contributed by atoms with van der Waals surface area (Å²) >= 11 is 0. The van der Waals surface area contributed by atoms with E-state index in [1.807, 2.05) is 0 Å². The summed E-state index contributed by atoms with van der Waals surface area (Å²) in [7, 11) is 0. The SMILES string of the molecule is Cc1cc(N2CC(C(=O)NCc3cc(C(=O)O)c(C)o3)CC2=O)ccc1F. The number of aromatic carboxylic acids is 1. The van der Waals surface area contributed by atoms with Crippen molar-refractivity contribution in [1.29, 1.82) is 0 Å². The van der Waals surface area contributed by atoms with Crippen LogP contribution in [0, 0.1) is 25.6 Å². The summed E-state index contributed by atoms with van der Waals surface area (Å²) in [6.45, 7) is 3.38. The highest BCUT2D eigenvalue weighted by atomic mass is 19.1. The average molecular weight is 374 g/mol. The molecule has 3 rings (SSSR count). The molecule has 0 aliphatic carbocycles. The van der Waals surface area contributed by atoms with Crippen molar-refractivity contribution >= 4 is 23.5 Å². The third kappa shape index (κ3) is 3.84. The minimum Gasteiger partial charge on any atom is -0.478 e. The molecule has 1 aliphatic rings. The number of amides is 2. The van der Waals surface area contributed by atoms with Crippen molar-refractivity contribution in [3.8, 4) is 0 Å². The highest BCUT2D eigenvalue weighted by Gasteiger charge is 2.35. The predicted molar refractivity (Wildman–Crippen MR) is 93.8 cm³/mol. The van der Waals surface area contributed by atoms with Crippen molar-refractivity contribution in [2.45, 2.75) is 26.8 Å². The number of nitrogens with one attached hydrogen (secondary N) is 1. The average Bonchev–Trinajstić information content (AvgIpc) is 3.18. The molecule has 2 N–H and O–H groups in total. The van der Waals surface area contributed by atoms with Crippen LogP contribution in [0.25, 0.3) is 0 Å². The summed E-state index contributed by atoms with van der Waals surface area (Å²) < 4.78 is 18.7. The van der Waals surface area contributed by atoms with Crippen LogP contribution in [0.2, 0.25) is 0 Å². The Balaban J connectivity index is 1.63. The monoisotopic (exact) mass is 374 g/mol. The highest BCUT2D eigenvalue weighted by Crippen LogP contribution is 2.27. The van der Waals surface area contributed by atoms with E-state index in [2.05, 4.69) is 5.32 Å². The second-order valence-corrected chi connectivity index (χ2v) is 6.54. The smallest absolute Gasteiger partial charge is 0.339 e. The fourth-order valence-electron chi connectivity index (χ4n) is 3.09. The van der Waals surface area contributed by atoms with Gasteiger partial charge in [-0.2, -0.15) is 0 Å². The summed E-state index contributed by atoms with van der Waals surface area (Å²) in [6, 6.07) is 5.75. The Labute approximate surface area is 154 Å². The van der Waals surface area contributed by atoms with Gasteiger partial charge in [0.25, 0.3) is 0 Å². The molecule has 0 spiro atoms. The normalized spacial score (nSPS) is 16.6. The van der Waals surface area contributed by atoms with Gasteiger partial charge in [0, 0.05) is 18.7 Å². The van der Waals surface area contributed by atoms with Crippen LogP contribution in [0.3, 0.4) is 0 Å². The summed E-state index contributed by atoms with van der Waals surface area (Å²) in [6.07, 6.45) is 0.0554. The van der Waals surface area contributed by atoms with Gasteiger partial charge in [-0.3, -0.25) is 9.59 Å². The van der Waals surface area contributed by atoms with Gasteiger partial charge in [0.15, 0.2) is 0 Å². The Morgan fingerprint density at radius 3 is 2.70 bits per heavy atom. The molecule has 1 unspecified atom stereocenters. The van der Waals surface area contributed by atoms with Gasteiger partial charge in [-0.1, -0.05) is 0 Å². The van der Waals surface area contributed by atoms with Gasteiger partial charge < -0.3 is 19.7 Å². The van der Waals surface area contributed by atoms with Crippen LogP contribution < -0.4 is 10.2 Å². The maximum absolute atomic E-state index is 13.4. The highest BCUT2D eigenvalue weighted by molar-refractivity contribution is 6.00. The summed E-state index contributed by atoms with van der Waals surface area (Å²) in [5.41, 5.74) is 1.03. The number of nitrogens with zero attached hydrogens (tertiary/aromatic N) is 1. The summed E-state index contributed by atoms with van der Waals surface area (Å²) in [5, 5.41) is 11.7. The molecular formula is C19H19FN2O5. The zero-order chi connectivity index (χ0) is 19.7. The number of carbonyl (C=O) groups excluding carboxylic acids is 2.